The normalized spacial score (nSPS) is 22.8. The van der Waals surface area contributed by atoms with Crippen LogP contribution >= 0.6 is 23.4 Å². The zero-order valence-electron chi connectivity index (χ0n) is 11.0. The summed E-state index contributed by atoms with van der Waals surface area (Å²) in [5.74, 6) is 0.345. The number of halogens is 1. The first-order valence-corrected chi connectivity index (χ1v) is 8.02. The average Bonchev–Trinajstić information content (AvgIpc) is 2.48. The molecule has 2 aromatic carbocycles. The van der Waals surface area contributed by atoms with Crippen molar-refractivity contribution in [2.45, 2.75) is 23.3 Å². The Hall–Kier alpha value is -1.25. The van der Waals surface area contributed by atoms with E-state index < -0.39 is 0 Å². The molecule has 1 saturated heterocycles. The number of carbonyl (C=O) groups is 1. The van der Waals surface area contributed by atoms with Crippen LogP contribution < -0.4 is 0 Å². The Morgan fingerprint density at radius 2 is 1.40 bits per heavy atom. The molecule has 0 bridgehead atoms. The number of rotatable bonds is 2. The van der Waals surface area contributed by atoms with Crippen LogP contribution in [0, 0.1) is 0 Å². The van der Waals surface area contributed by atoms with Gasteiger partial charge in [0.15, 0.2) is 0 Å². The molecule has 1 unspecified atom stereocenters. The molecule has 3 rings (SSSR count). The molecule has 0 aromatic heterocycles. The lowest BCUT2D eigenvalue weighted by molar-refractivity contribution is -0.119. The van der Waals surface area contributed by atoms with Gasteiger partial charge in [0.25, 0.3) is 0 Å². The summed E-state index contributed by atoms with van der Waals surface area (Å²) >= 11 is 7.81. The zero-order chi connectivity index (χ0) is 13.9. The Balaban J connectivity index is 1.83. The van der Waals surface area contributed by atoms with Crippen LogP contribution in [0.2, 0.25) is 5.02 Å². The van der Waals surface area contributed by atoms with Crippen molar-refractivity contribution >= 4 is 29.1 Å². The van der Waals surface area contributed by atoms with Crippen LogP contribution in [-0.2, 0) is 4.79 Å². The Morgan fingerprint density at radius 3 is 2.00 bits per heavy atom. The molecule has 0 spiro atoms. The minimum Gasteiger partial charge on any atom is -0.300 e. The van der Waals surface area contributed by atoms with Crippen LogP contribution in [0.1, 0.15) is 34.5 Å². The minimum absolute atomic E-state index is 0.235. The lowest BCUT2D eigenvalue weighted by atomic mass is 10.0. The van der Waals surface area contributed by atoms with E-state index in [2.05, 4.69) is 12.1 Å². The van der Waals surface area contributed by atoms with Gasteiger partial charge in [0.1, 0.15) is 5.78 Å². The molecule has 20 heavy (non-hydrogen) atoms. The van der Waals surface area contributed by atoms with Crippen molar-refractivity contribution in [2.75, 3.05) is 0 Å². The van der Waals surface area contributed by atoms with Gasteiger partial charge in [0.2, 0.25) is 0 Å². The van der Waals surface area contributed by atoms with Gasteiger partial charge in [0.05, 0.1) is 0 Å². The third-order valence-electron chi connectivity index (χ3n) is 3.57. The van der Waals surface area contributed by atoms with E-state index in [1.54, 1.807) is 0 Å². The van der Waals surface area contributed by atoms with Crippen LogP contribution in [0.15, 0.2) is 54.6 Å². The number of thioether (sulfide) groups is 1. The average molecular weight is 303 g/mol. The first kappa shape index (κ1) is 13.7. The molecule has 2 atom stereocenters. The summed E-state index contributed by atoms with van der Waals surface area (Å²) < 4.78 is 0. The molecule has 1 aliphatic heterocycles. The van der Waals surface area contributed by atoms with Crippen molar-refractivity contribution in [3.63, 3.8) is 0 Å². The Kier molecular flexibility index (Phi) is 4.13. The van der Waals surface area contributed by atoms with Crippen molar-refractivity contribution < 1.29 is 4.79 Å². The first-order chi connectivity index (χ1) is 9.72. The predicted molar refractivity (Wildman–Crippen MR) is 85.2 cm³/mol. The van der Waals surface area contributed by atoms with Gasteiger partial charge in [-0.05, 0) is 23.3 Å². The van der Waals surface area contributed by atoms with Crippen molar-refractivity contribution in [1.82, 2.24) is 0 Å². The SMILES string of the molecule is O=C1CC(c2ccccc2)S[C@@H](c2ccc(Cl)cc2)C1. The van der Waals surface area contributed by atoms with E-state index >= 15 is 0 Å². The van der Waals surface area contributed by atoms with Crippen LogP contribution in [-0.4, -0.2) is 5.78 Å². The predicted octanol–water partition coefficient (Wildman–Crippen LogP) is 5.22. The molecule has 0 N–H and O–H groups in total. The topological polar surface area (TPSA) is 17.1 Å². The summed E-state index contributed by atoms with van der Waals surface area (Å²) in [6, 6.07) is 18.1. The molecular formula is C17H15ClOS. The van der Waals surface area contributed by atoms with Crippen molar-refractivity contribution in [3.05, 3.63) is 70.7 Å². The van der Waals surface area contributed by atoms with Gasteiger partial charge in [-0.15, -0.1) is 11.8 Å². The molecule has 1 aliphatic rings. The lowest BCUT2D eigenvalue weighted by Gasteiger charge is -2.28. The third-order valence-corrected chi connectivity index (χ3v) is 5.35. The summed E-state index contributed by atoms with van der Waals surface area (Å²) in [5, 5.41) is 1.23. The molecule has 0 radical (unpaired) electrons. The van der Waals surface area contributed by atoms with Gasteiger partial charge in [-0.3, -0.25) is 4.79 Å². The second-order valence-electron chi connectivity index (χ2n) is 5.02. The van der Waals surface area contributed by atoms with E-state index in [0.717, 1.165) is 5.02 Å². The molecule has 1 fully saturated rings. The van der Waals surface area contributed by atoms with Crippen molar-refractivity contribution in [2.24, 2.45) is 0 Å². The fourth-order valence-corrected chi connectivity index (χ4v) is 4.24. The third kappa shape index (κ3) is 3.08. The van der Waals surface area contributed by atoms with Crippen LogP contribution in [0.25, 0.3) is 0 Å². The quantitative estimate of drug-likeness (QED) is 0.756. The largest absolute Gasteiger partial charge is 0.300 e. The summed E-state index contributed by atoms with van der Waals surface area (Å²) in [4.78, 5) is 12.1. The number of carbonyl (C=O) groups excluding carboxylic acids is 1. The smallest absolute Gasteiger partial charge is 0.135 e. The van der Waals surface area contributed by atoms with Gasteiger partial charge in [-0.2, -0.15) is 0 Å². The van der Waals surface area contributed by atoms with E-state index in [-0.39, 0.29) is 10.5 Å². The molecule has 0 amide bonds. The molecule has 102 valence electrons. The van der Waals surface area contributed by atoms with E-state index in [1.165, 1.54) is 11.1 Å². The Labute approximate surface area is 128 Å². The number of hydrogen-bond donors (Lipinski definition) is 0. The lowest BCUT2D eigenvalue weighted by Crippen LogP contribution is -2.15. The highest BCUT2D eigenvalue weighted by atomic mass is 35.5. The Bertz CT molecular complexity index is 594. The highest BCUT2D eigenvalue weighted by Crippen LogP contribution is 2.48. The highest BCUT2D eigenvalue weighted by Gasteiger charge is 2.29. The first-order valence-electron chi connectivity index (χ1n) is 6.70. The van der Waals surface area contributed by atoms with Gasteiger partial charge in [-0.25, -0.2) is 0 Å². The molecule has 1 nitrogen and oxygen atoms in total. The number of ketones is 1. The molecule has 1 heterocycles. The highest BCUT2D eigenvalue weighted by molar-refractivity contribution is 7.99. The maximum absolute atomic E-state index is 12.1. The van der Waals surface area contributed by atoms with E-state index in [9.17, 15) is 4.79 Å². The number of hydrogen-bond acceptors (Lipinski definition) is 2. The molecule has 0 saturated carbocycles. The van der Waals surface area contributed by atoms with Crippen molar-refractivity contribution in [3.8, 4) is 0 Å². The van der Waals surface area contributed by atoms with Gasteiger partial charge >= 0.3 is 0 Å². The van der Waals surface area contributed by atoms with Crippen molar-refractivity contribution in [1.29, 1.82) is 0 Å². The van der Waals surface area contributed by atoms with E-state index in [4.69, 9.17) is 11.6 Å². The van der Waals surface area contributed by atoms with Gasteiger partial charge in [0, 0.05) is 28.4 Å². The Morgan fingerprint density at radius 1 is 0.850 bits per heavy atom. The molecule has 0 aliphatic carbocycles. The standard InChI is InChI=1S/C17H15ClOS/c18-14-8-6-13(7-9-14)17-11-15(19)10-16(20-17)12-4-2-1-3-5-12/h1-9,16-17H,10-11H2/t16?,17-/m1/s1. The monoisotopic (exact) mass is 302 g/mol. The van der Waals surface area contributed by atoms with Crippen LogP contribution in [0.4, 0.5) is 0 Å². The van der Waals surface area contributed by atoms with E-state index in [1.807, 2.05) is 54.2 Å². The summed E-state index contributed by atoms with van der Waals surface area (Å²) in [6.45, 7) is 0. The van der Waals surface area contributed by atoms with Crippen LogP contribution in [0.5, 0.6) is 0 Å². The fraction of sp³-hybridized carbons (Fsp3) is 0.235. The van der Waals surface area contributed by atoms with Gasteiger partial charge in [-0.1, -0.05) is 54.1 Å². The minimum atomic E-state index is 0.235. The van der Waals surface area contributed by atoms with E-state index in [0.29, 0.717) is 18.6 Å². The zero-order valence-corrected chi connectivity index (χ0v) is 12.5. The number of benzene rings is 2. The van der Waals surface area contributed by atoms with Gasteiger partial charge < -0.3 is 0 Å². The van der Waals surface area contributed by atoms with Crippen LogP contribution in [0.3, 0.4) is 0 Å². The molecular weight excluding hydrogens is 288 g/mol. The second kappa shape index (κ2) is 6.02. The fourth-order valence-electron chi connectivity index (χ4n) is 2.53. The summed E-state index contributed by atoms with van der Waals surface area (Å²) in [6.07, 6.45) is 1.26. The summed E-state index contributed by atoms with van der Waals surface area (Å²) in [5.41, 5.74) is 2.43. The number of Topliss-reactive ketones (excluding diaryl/α,β-unsaturated/α-hetero) is 1. The second-order valence-corrected chi connectivity index (χ2v) is 6.87. The molecule has 3 heteroatoms. The molecule has 2 aromatic rings. The summed E-state index contributed by atoms with van der Waals surface area (Å²) in [7, 11) is 0. The maximum Gasteiger partial charge on any atom is 0.135 e. The maximum atomic E-state index is 12.1.